The first-order valence-electron chi connectivity index (χ1n) is 8.54. The molecule has 28 heavy (non-hydrogen) atoms. The number of anilines is 1. The topological polar surface area (TPSA) is 47.3 Å². The van der Waals surface area contributed by atoms with Crippen molar-refractivity contribution in [2.24, 2.45) is 0 Å². The fourth-order valence-corrected chi connectivity index (χ4v) is 3.64. The fraction of sp³-hybridized carbons (Fsp3) is 0.250. The van der Waals surface area contributed by atoms with E-state index in [-0.39, 0.29) is 29.2 Å². The third-order valence-electron chi connectivity index (χ3n) is 4.69. The number of benzene rings is 2. The third-order valence-corrected chi connectivity index (χ3v) is 5.11. The van der Waals surface area contributed by atoms with E-state index in [1.165, 1.54) is 12.1 Å². The van der Waals surface area contributed by atoms with Crippen LogP contribution in [0.15, 0.2) is 48.5 Å². The summed E-state index contributed by atoms with van der Waals surface area (Å²) in [6.07, 6.45) is -4.59. The van der Waals surface area contributed by atoms with Crippen LogP contribution in [0.4, 0.5) is 18.9 Å². The first kappa shape index (κ1) is 19.8. The number of hydrogen-bond donors (Lipinski definition) is 0. The molecule has 0 unspecified atom stereocenters. The zero-order valence-corrected chi connectivity index (χ0v) is 15.7. The molecule has 1 heterocycles. The monoisotopic (exact) mass is 403 g/mol. The molecule has 1 atom stereocenters. The maximum absolute atomic E-state index is 13.3. The lowest BCUT2D eigenvalue weighted by Gasteiger charge is -2.40. The lowest BCUT2D eigenvalue weighted by atomic mass is 10.0. The van der Waals surface area contributed by atoms with Crippen molar-refractivity contribution in [2.75, 3.05) is 11.4 Å². The summed E-state index contributed by atoms with van der Waals surface area (Å²) in [6.45, 7) is 2.31. The minimum atomic E-state index is -4.71. The van der Waals surface area contributed by atoms with Gasteiger partial charge in [0.2, 0.25) is 5.91 Å². The Labute approximate surface area is 165 Å². The molecule has 0 N–H and O–H groups in total. The van der Waals surface area contributed by atoms with Crippen molar-refractivity contribution in [3.8, 4) is 6.07 Å². The molecule has 2 aromatic carbocycles. The first-order chi connectivity index (χ1) is 13.2. The molecule has 1 saturated heterocycles. The molecule has 144 valence electrons. The number of carbonyl (C=O) groups excluding carboxylic acids is 1. The van der Waals surface area contributed by atoms with E-state index in [1.54, 1.807) is 0 Å². The predicted molar refractivity (Wildman–Crippen MR) is 102 cm³/mol. The van der Waals surface area contributed by atoms with Crippen LogP contribution in [0.2, 0.25) is 0 Å². The molecule has 1 fully saturated rings. The summed E-state index contributed by atoms with van der Waals surface area (Å²) in [5.74, 6) is -0.376. The summed E-state index contributed by atoms with van der Waals surface area (Å²) in [5, 5.41) is 9.11. The molecule has 0 saturated carbocycles. The maximum Gasteiger partial charge on any atom is 0.417 e. The van der Waals surface area contributed by atoms with Crippen LogP contribution in [0.5, 0.6) is 0 Å². The summed E-state index contributed by atoms with van der Waals surface area (Å²) in [5.41, 5.74) is -0.598. The van der Waals surface area contributed by atoms with Crippen molar-refractivity contribution >= 4 is 28.9 Å². The van der Waals surface area contributed by atoms with Crippen LogP contribution < -0.4 is 4.90 Å². The van der Waals surface area contributed by atoms with Gasteiger partial charge in [0.1, 0.15) is 0 Å². The zero-order valence-electron chi connectivity index (χ0n) is 14.9. The minimum absolute atomic E-state index is 0.00582. The van der Waals surface area contributed by atoms with Gasteiger partial charge in [-0.15, -0.1) is 0 Å². The molecule has 4 nitrogen and oxygen atoms in total. The Kier molecular flexibility index (Phi) is 5.38. The van der Waals surface area contributed by atoms with Crippen molar-refractivity contribution in [1.82, 2.24) is 4.90 Å². The SMILES string of the molecule is C[C@H](c1ccccc1)N1CCC(=O)N(c2ccc(C#N)c(C(F)(F)F)c2)C1=S. The standard InChI is InChI=1S/C20H16F3N3OS/c1-13(14-5-3-2-4-6-14)25-10-9-18(27)26(19(25)28)16-8-7-15(12-24)17(11-16)20(21,22)23/h2-8,11,13H,9-10H2,1H3/t13-/m1/s1. The average molecular weight is 403 g/mol. The van der Waals surface area contributed by atoms with Gasteiger partial charge in [-0.1, -0.05) is 30.3 Å². The highest BCUT2D eigenvalue weighted by atomic mass is 32.1. The molecule has 0 aromatic heterocycles. The van der Waals surface area contributed by atoms with E-state index in [2.05, 4.69) is 0 Å². The summed E-state index contributed by atoms with van der Waals surface area (Å²) in [7, 11) is 0. The largest absolute Gasteiger partial charge is 0.417 e. The molecular formula is C20H16F3N3OS. The van der Waals surface area contributed by atoms with Crippen LogP contribution in [-0.2, 0) is 11.0 Å². The quantitative estimate of drug-likeness (QED) is 0.700. The third kappa shape index (κ3) is 3.71. The van der Waals surface area contributed by atoms with Gasteiger partial charge in [0, 0.05) is 13.0 Å². The van der Waals surface area contributed by atoms with E-state index in [0.29, 0.717) is 6.54 Å². The van der Waals surface area contributed by atoms with Crippen molar-refractivity contribution in [1.29, 1.82) is 5.26 Å². The summed E-state index contributed by atoms with van der Waals surface area (Å²) in [6, 6.07) is 14.1. The Hall–Kier alpha value is -2.92. The summed E-state index contributed by atoms with van der Waals surface area (Å²) in [4.78, 5) is 15.4. The van der Waals surface area contributed by atoms with E-state index in [9.17, 15) is 18.0 Å². The van der Waals surface area contributed by atoms with E-state index < -0.39 is 17.3 Å². The molecule has 3 rings (SSSR count). The van der Waals surface area contributed by atoms with Crippen molar-refractivity contribution in [3.63, 3.8) is 0 Å². The molecule has 1 aliphatic heterocycles. The molecule has 0 aliphatic carbocycles. The van der Waals surface area contributed by atoms with Gasteiger partial charge in [-0.2, -0.15) is 18.4 Å². The summed E-state index contributed by atoms with van der Waals surface area (Å²) < 4.78 is 39.9. The highest BCUT2D eigenvalue weighted by Crippen LogP contribution is 2.36. The number of nitriles is 1. The second kappa shape index (κ2) is 7.60. The lowest BCUT2D eigenvalue weighted by molar-refractivity contribution is -0.137. The Morgan fingerprint density at radius 1 is 1.18 bits per heavy atom. The molecule has 8 heteroatoms. The number of halogens is 3. The zero-order chi connectivity index (χ0) is 20.5. The molecular weight excluding hydrogens is 387 g/mol. The van der Waals surface area contributed by atoms with Gasteiger partial charge in [0.15, 0.2) is 5.11 Å². The Morgan fingerprint density at radius 2 is 1.86 bits per heavy atom. The van der Waals surface area contributed by atoms with Crippen LogP contribution >= 0.6 is 12.2 Å². The van der Waals surface area contributed by atoms with Gasteiger partial charge in [-0.05, 0) is 42.9 Å². The Bertz CT molecular complexity index is 953. The first-order valence-corrected chi connectivity index (χ1v) is 8.94. The van der Waals surface area contributed by atoms with Gasteiger partial charge >= 0.3 is 6.18 Å². The highest BCUT2D eigenvalue weighted by Gasteiger charge is 2.37. The second-order valence-electron chi connectivity index (χ2n) is 6.38. The van der Waals surface area contributed by atoms with Gasteiger partial charge < -0.3 is 4.90 Å². The molecule has 1 aliphatic rings. The van der Waals surface area contributed by atoms with Crippen LogP contribution in [0, 0.1) is 11.3 Å². The van der Waals surface area contributed by atoms with Gasteiger partial charge in [0.25, 0.3) is 0 Å². The van der Waals surface area contributed by atoms with Gasteiger partial charge in [-0.25, -0.2) is 0 Å². The van der Waals surface area contributed by atoms with Gasteiger partial charge in [-0.3, -0.25) is 9.69 Å². The number of carbonyl (C=O) groups is 1. The number of hydrogen-bond acceptors (Lipinski definition) is 3. The molecule has 0 spiro atoms. The van der Waals surface area contributed by atoms with E-state index in [0.717, 1.165) is 22.6 Å². The summed E-state index contributed by atoms with van der Waals surface area (Å²) >= 11 is 5.47. The molecule has 1 amide bonds. The van der Waals surface area contributed by atoms with Crippen molar-refractivity contribution in [3.05, 3.63) is 65.2 Å². The van der Waals surface area contributed by atoms with E-state index in [1.807, 2.05) is 42.2 Å². The Morgan fingerprint density at radius 3 is 2.46 bits per heavy atom. The van der Waals surface area contributed by atoms with Crippen molar-refractivity contribution < 1.29 is 18.0 Å². The average Bonchev–Trinajstić information content (AvgIpc) is 2.67. The fourth-order valence-electron chi connectivity index (χ4n) is 3.19. The number of alkyl halides is 3. The van der Waals surface area contributed by atoms with E-state index in [4.69, 9.17) is 17.5 Å². The highest BCUT2D eigenvalue weighted by molar-refractivity contribution is 7.80. The minimum Gasteiger partial charge on any atom is -0.341 e. The Balaban J connectivity index is 1.98. The number of thiocarbonyl (C=S) groups is 1. The number of nitrogens with zero attached hydrogens (tertiary/aromatic N) is 3. The molecule has 0 radical (unpaired) electrons. The maximum atomic E-state index is 13.3. The van der Waals surface area contributed by atoms with Crippen LogP contribution in [0.3, 0.4) is 0 Å². The molecule has 2 aromatic rings. The lowest BCUT2D eigenvalue weighted by Crippen LogP contribution is -2.53. The van der Waals surface area contributed by atoms with Crippen LogP contribution in [0.1, 0.15) is 36.1 Å². The van der Waals surface area contributed by atoms with Gasteiger partial charge in [0.05, 0.1) is 28.9 Å². The van der Waals surface area contributed by atoms with Crippen LogP contribution in [-0.4, -0.2) is 22.5 Å². The smallest absolute Gasteiger partial charge is 0.341 e. The van der Waals surface area contributed by atoms with Crippen molar-refractivity contribution in [2.45, 2.75) is 25.6 Å². The van der Waals surface area contributed by atoms with Crippen LogP contribution in [0.25, 0.3) is 0 Å². The molecule has 0 bridgehead atoms. The number of amides is 1. The second-order valence-corrected chi connectivity index (χ2v) is 6.75. The van der Waals surface area contributed by atoms with E-state index >= 15 is 0 Å². The normalized spacial score (nSPS) is 16.1. The predicted octanol–water partition coefficient (Wildman–Crippen LogP) is 4.66. The number of rotatable bonds is 3.